The normalized spacial score (nSPS) is 10.7. The molecular formula is C11H17ClN4O2. The zero-order valence-electron chi connectivity index (χ0n) is 10.4. The van der Waals surface area contributed by atoms with E-state index in [1.807, 2.05) is 13.8 Å². The van der Waals surface area contributed by atoms with Crippen molar-refractivity contribution in [3.63, 3.8) is 0 Å². The molecule has 0 unspecified atom stereocenters. The summed E-state index contributed by atoms with van der Waals surface area (Å²) in [7, 11) is 0. The molecule has 1 aromatic heterocycles. The lowest BCUT2D eigenvalue weighted by molar-refractivity contribution is -0.122. The van der Waals surface area contributed by atoms with E-state index >= 15 is 0 Å². The second kappa shape index (κ2) is 7.13. The standard InChI is InChI=1S/C11H17ClN4O2/c1-7(2)9-10(12)15-6-16-11(9)14-3-4-18-5-8(13)17/h6-7H,3-5H2,1-2H3,(H2,13,17)(H,14,15,16). The highest BCUT2D eigenvalue weighted by Crippen LogP contribution is 2.27. The summed E-state index contributed by atoms with van der Waals surface area (Å²) in [6.07, 6.45) is 1.40. The number of anilines is 1. The molecule has 1 rings (SSSR count). The quantitative estimate of drug-likeness (QED) is 0.574. The number of primary amides is 1. The smallest absolute Gasteiger partial charge is 0.243 e. The van der Waals surface area contributed by atoms with Crippen LogP contribution in [0.3, 0.4) is 0 Å². The maximum atomic E-state index is 10.5. The molecule has 0 fully saturated rings. The molecule has 0 aliphatic heterocycles. The summed E-state index contributed by atoms with van der Waals surface area (Å²) in [5.41, 5.74) is 5.82. The lowest BCUT2D eigenvalue weighted by atomic mass is 10.1. The second-order valence-corrected chi connectivity index (χ2v) is 4.39. The molecule has 0 spiro atoms. The molecule has 0 aliphatic rings. The molecule has 0 aromatic carbocycles. The van der Waals surface area contributed by atoms with Crippen molar-refractivity contribution in [2.45, 2.75) is 19.8 Å². The molecule has 18 heavy (non-hydrogen) atoms. The van der Waals surface area contributed by atoms with E-state index < -0.39 is 5.91 Å². The van der Waals surface area contributed by atoms with E-state index in [4.69, 9.17) is 22.1 Å². The minimum Gasteiger partial charge on any atom is -0.370 e. The van der Waals surface area contributed by atoms with Gasteiger partial charge in [0.05, 0.1) is 6.61 Å². The number of ether oxygens (including phenoxy) is 1. The molecule has 1 aromatic rings. The Morgan fingerprint density at radius 3 is 2.89 bits per heavy atom. The minimum atomic E-state index is -0.483. The van der Waals surface area contributed by atoms with Crippen LogP contribution < -0.4 is 11.1 Å². The number of nitrogens with two attached hydrogens (primary N) is 1. The summed E-state index contributed by atoms with van der Waals surface area (Å²) in [4.78, 5) is 18.5. The molecule has 7 heteroatoms. The molecule has 1 amide bonds. The number of aromatic nitrogens is 2. The molecule has 0 saturated heterocycles. The van der Waals surface area contributed by atoms with E-state index in [0.29, 0.717) is 24.1 Å². The van der Waals surface area contributed by atoms with Crippen molar-refractivity contribution in [1.82, 2.24) is 9.97 Å². The van der Waals surface area contributed by atoms with Crippen LogP contribution in [0, 0.1) is 0 Å². The van der Waals surface area contributed by atoms with Gasteiger partial charge in [-0.2, -0.15) is 0 Å². The predicted octanol–water partition coefficient (Wildman–Crippen LogP) is 1.17. The number of carbonyl (C=O) groups excluding carboxylic acids is 1. The summed E-state index contributed by atoms with van der Waals surface area (Å²) in [6.45, 7) is 4.82. The zero-order chi connectivity index (χ0) is 13.5. The third kappa shape index (κ3) is 4.46. The van der Waals surface area contributed by atoms with Gasteiger partial charge in [-0.25, -0.2) is 9.97 Å². The number of hydrogen-bond acceptors (Lipinski definition) is 5. The van der Waals surface area contributed by atoms with Crippen molar-refractivity contribution < 1.29 is 9.53 Å². The van der Waals surface area contributed by atoms with Gasteiger partial charge in [-0.05, 0) is 5.92 Å². The fourth-order valence-electron chi connectivity index (χ4n) is 1.44. The lowest BCUT2D eigenvalue weighted by Gasteiger charge is -2.14. The fourth-order valence-corrected chi connectivity index (χ4v) is 1.79. The van der Waals surface area contributed by atoms with Crippen molar-refractivity contribution in [2.75, 3.05) is 25.1 Å². The molecule has 0 radical (unpaired) electrons. The summed E-state index contributed by atoms with van der Waals surface area (Å²) < 4.78 is 5.03. The SMILES string of the molecule is CC(C)c1c(Cl)ncnc1NCCOCC(N)=O. The highest BCUT2D eigenvalue weighted by molar-refractivity contribution is 6.30. The number of nitrogens with zero attached hydrogens (tertiary/aromatic N) is 2. The minimum absolute atomic E-state index is 0.0801. The first-order valence-electron chi connectivity index (χ1n) is 5.62. The monoisotopic (exact) mass is 272 g/mol. The van der Waals surface area contributed by atoms with Gasteiger partial charge in [0.15, 0.2) is 0 Å². The van der Waals surface area contributed by atoms with Crippen LogP contribution in [0.2, 0.25) is 5.15 Å². The Balaban J connectivity index is 2.52. The number of halogens is 1. The van der Waals surface area contributed by atoms with E-state index in [-0.39, 0.29) is 12.5 Å². The largest absolute Gasteiger partial charge is 0.370 e. The van der Waals surface area contributed by atoms with Gasteiger partial charge in [-0.15, -0.1) is 0 Å². The van der Waals surface area contributed by atoms with Gasteiger partial charge in [0, 0.05) is 12.1 Å². The van der Waals surface area contributed by atoms with Crippen LogP contribution in [0.15, 0.2) is 6.33 Å². The highest BCUT2D eigenvalue weighted by Gasteiger charge is 2.12. The number of nitrogens with one attached hydrogen (secondary N) is 1. The van der Waals surface area contributed by atoms with Gasteiger partial charge in [-0.3, -0.25) is 4.79 Å². The summed E-state index contributed by atoms with van der Waals surface area (Å²) >= 11 is 6.02. The number of hydrogen-bond donors (Lipinski definition) is 2. The van der Waals surface area contributed by atoms with E-state index in [9.17, 15) is 4.79 Å². The fraction of sp³-hybridized carbons (Fsp3) is 0.545. The van der Waals surface area contributed by atoms with Crippen LogP contribution in [-0.4, -0.2) is 35.6 Å². The third-order valence-electron chi connectivity index (χ3n) is 2.20. The first kappa shape index (κ1) is 14.7. The average molecular weight is 273 g/mol. The van der Waals surface area contributed by atoms with Crippen molar-refractivity contribution >= 4 is 23.3 Å². The Bertz CT molecular complexity index is 412. The van der Waals surface area contributed by atoms with Crippen molar-refractivity contribution in [3.05, 3.63) is 17.0 Å². The van der Waals surface area contributed by atoms with Crippen molar-refractivity contribution in [1.29, 1.82) is 0 Å². The van der Waals surface area contributed by atoms with Crippen LogP contribution in [0.4, 0.5) is 5.82 Å². The molecule has 0 aliphatic carbocycles. The average Bonchev–Trinajstić information content (AvgIpc) is 2.27. The maximum absolute atomic E-state index is 10.5. The zero-order valence-corrected chi connectivity index (χ0v) is 11.2. The van der Waals surface area contributed by atoms with E-state index in [1.54, 1.807) is 0 Å². The summed E-state index contributed by atoms with van der Waals surface area (Å²) in [6, 6.07) is 0. The summed E-state index contributed by atoms with van der Waals surface area (Å²) in [5, 5.41) is 3.54. The molecule has 3 N–H and O–H groups in total. The van der Waals surface area contributed by atoms with Gasteiger partial charge in [0.2, 0.25) is 5.91 Å². The van der Waals surface area contributed by atoms with Crippen LogP contribution in [0.1, 0.15) is 25.3 Å². The molecule has 0 atom stereocenters. The predicted molar refractivity (Wildman–Crippen MR) is 69.6 cm³/mol. The Labute approximate surface area is 111 Å². The van der Waals surface area contributed by atoms with Gasteiger partial charge >= 0.3 is 0 Å². The molecule has 1 heterocycles. The Morgan fingerprint density at radius 2 is 2.28 bits per heavy atom. The van der Waals surface area contributed by atoms with Crippen LogP contribution in [0.25, 0.3) is 0 Å². The Hall–Kier alpha value is -1.40. The van der Waals surface area contributed by atoms with Crippen LogP contribution in [0.5, 0.6) is 0 Å². The van der Waals surface area contributed by atoms with Crippen molar-refractivity contribution in [2.24, 2.45) is 5.73 Å². The Kier molecular flexibility index (Phi) is 5.80. The van der Waals surface area contributed by atoms with Gasteiger partial charge < -0.3 is 15.8 Å². The topological polar surface area (TPSA) is 90.1 Å². The van der Waals surface area contributed by atoms with Gasteiger partial charge in [-0.1, -0.05) is 25.4 Å². The third-order valence-corrected chi connectivity index (χ3v) is 2.50. The first-order valence-corrected chi connectivity index (χ1v) is 6.00. The van der Waals surface area contributed by atoms with E-state index in [2.05, 4.69) is 15.3 Å². The molecule has 0 saturated carbocycles. The number of rotatable bonds is 7. The van der Waals surface area contributed by atoms with E-state index in [0.717, 1.165) is 5.56 Å². The highest BCUT2D eigenvalue weighted by atomic mass is 35.5. The number of carbonyl (C=O) groups is 1. The maximum Gasteiger partial charge on any atom is 0.243 e. The van der Waals surface area contributed by atoms with Gasteiger partial charge in [0.25, 0.3) is 0 Å². The van der Waals surface area contributed by atoms with Crippen molar-refractivity contribution in [3.8, 4) is 0 Å². The van der Waals surface area contributed by atoms with E-state index in [1.165, 1.54) is 6.33 Å². The van der Waals surface area contributed by atoms with Crippen LogP contribution in [-0.2, 0) is 9.53 Å². The molecule has 0 bridgehead atoms. The molecule has 100 valence electrons. The lowest BCUT2D eigenvalue weighted by Crippen LogP contribution is -2.21. The summed E-state index contributed by atoms with van der Waals surface area (Å²) in [5.74, 6) is 0.420. The van der Waals surface area contributed by atoms with Crippen LogP contribution >= 0.6 is 11.6 Å². The first-order chi connectivity index (χ1) is 8.52. The number of amides is 1. The van der Waals surface area contributed by atoms with Gasteiger partial charge in [0.1, 0.15) is 23.9 Å². The Morgan fingerprint density at radius 1 is 1.56 bits per heavy atom. The molecular weight excluding hydrogens is 256 g/mol. The molecule has 6 nitrogen and oxygen atoms in total. The second-order valence-electron chi connectivity index (χ2n) is 4.03.